The maximum atomic E-state index is 12.5. The zero-order valence-electron chi connectivity index (χ0n) is 15.5. The molecule has 0 aliphatic carbocycles. The van der Waals surface area contributed by atoms with Crippen molar-refractivity contribution in [2.24, 2.45) is 5.92 Å². The molecule has 0 spiro atoms. The molecule has 3 rings (SSSR count). The molecule has 6 heteroatoms. The standard InChI is InChI=1S/C21H26N2O3S/c1-14(19-7-8-20(27-19)21(25)23-26)5-6-15-3-2-4-17(11-15)18(24)12-16-9-10-22-13-16/h2-4,7-8,11,14,16,22,26H,5-6,9-10,12-13H2,1H3,(H,23,25)/t14-,16?/m1/s1. The number of nitrogens with one attached hydrogen (secondary N) is 2. The minimum atomic E-state index is -0.470. The highest BCUT2D eigenvalue weighted by molar-refractivity contribution is 7.14. The summed E-state index contributed by atoms with van der Waals surface area (Å²) < 4.78 is 0. The van der Waals surface area contributed by atoms with Crippen LogP contribution in [-0.2, 0) is 6.42 Å². The van der Waals surface area contributed by atoms with Gasteiger partial charge in [-0.1, -0.05) is 25.1 Å². The van der Waals surface area contributed by atoms with Crippen molar-refractivity contribution in [2.45, 2.75) is 38.5 Å². The Hall–Kier alpha value is -2.02. The molecular formula is C21H26N2O3S. The van der Waals surface area contributed by atoms with Crippen molar-refractivity contribution >= 4 is 23.0 Å². The largest absolute Gasteiger partial charge is 0.316 e. The number of benzene rings is 1. The molecule has 1 aromatic heterocycles. The van der Waals surface area contributed by atoms with Crippen LogP contribution >= 0.6 is 11.3 Å². The maximum absolute atomic E-state index is 12.5. The minimum absolute atomic E-state index is 0.233. The van der Waals surface area contributed by atoms with Crippen molar-refractivity contribution in [3.8, 4) is 0 Å². The van der Waals surface area contributed by atoms with Gasteiger partial charge in [0.15, 0.2) is 5.78 Å². The molecule has 27 heavy (non-hydrogen) atoms. The quantitative estimate of drug-likeness (QED) is 0.366. The number of hydrogen-bond acceptors (Lipinski definition) is 5. The molecule has 1 amide bonds. The third-order valence-electron chi connectivity index (χ3n) is 5.19. The topological polar surface area (TPSA) is 78.4 Å². The van der Waals surface area contributed by atoms with Gasteiger partial charge in [-0.15, -0.1) is 11.3 Å². The van der Waals surface area contributed by atoms with Crippen LogP contribution in [0.1, 0.15) is 62.6 Å². The number of thiophene rings is 1. The molecule has 1 aromatic carbocycles. The Kier molecular flexibility index (Phi) is 6.77. The van der Waals surface area contributed by atoms with Crippen molar-refractivity contribution in [3.05, 3.63) is 57.3 Å². The molecule has 1 fully saturated rings. The highest BCUT2D eigenvalue weighted by atomic mass is 32.1. The highest BCUT2D eigenvalue weighted by Gasteiger charge is 2.19. The number of hydrogen-bond donors (Lipinski definition) is 3. The molecule has 1 saturated heterocycles. The molecular weight excluding hydrogens is 360 g/mol. The van der Waals surface area contributed by atoms with Gasteiger partial charge in [-0.2, -0.15) is 0 Å². The van der Waals surface area contributed by atoms with E-state index in [9.17, 15) is 9.59 Å². The number of Topliss-reactive ketones (excluding diaryl/α,β-unsaturated/α-hetero) is 1. The molecule has 1 unspecified atom stereocenters. The van der Waals surface area contributed by atoms with E-state index in [-0.39, 0.29) is 5.78 Å². The lowest BCUT2D eigenvalue weighted by Gasteiger charge is -2.11. The SMILES string of the molecule is C[C@H](CCc1cccc(C(=O)CC2CCNC2)c1)c1ccc(C(=O)NO)s1. The molecule has 0 bridgehead atoms. The summed E-state index contributed by atoms with van der Waals surface area (Å²) in [5.41, 5.74) is 3.65. The number of hydroxylamine groups is 1. The van der Waals surface area contributed by atoms with Crippen LogP contribution < -0.4 is 10.8 Å². The van der Waals surface area contributed by atoms with E-state index in [1.165, 1.54) is 16.9 Å². The summed E-state index contributed by atoms with van der Waals surface area (Å²) in [5, 5.41) is 12.0. The molecule has 5 nitrogen and oxygen atoms in total. The number of rotatable bonds is 8. The van der Waals surface area contributed by atoms with E-state index in [1.807, 2.05) is 24.3 Å². The van der Waals surface area contributed by atoms with E-state index < -0.39 is 5.91 Å². The zero-order chi connectivity index (χ0) is 19.2. The van der Waals surface area contributed by atoms with E-state index in [1.54, 1.807) is 11.5 Å². The van der Waals surface area contributed by atoms with Crippen LogP contribution in [0.3, 0.4) is 0 Å². The van der Waals surface area contributed by atoms with Crippen LogP contribution in [-0.4, -0.2) is 30.0 Å². The number of carbonyl (C=O) groups excluding carboxylic acids is 2. The van der Waals surface area contributed by atoms with Crippen LogP contribution in [0.5, 0.6) is 0 Å². The molecule has 2 aromatic rings. The average Bonchev–Trinajstić information content (AvgIpc) is 3.37. The summed E-state index contributed by atoms with van der Waals surface area (Å²) in [4.78, 5) is 25.6. The Morgan fingerprint density at radius 3 is 2.93 bits per heavy atom. The second kappa shape index (κ2) is 9.26. The van der Waals surface area contributed by atoms with Gasteiger partial charge in [0.2, 0.25) is 0 Å². The molecule has 1 aliphatic heterocycles. The lowest BCUT2D eigenvalue weighted by atomic mass is 9.94. The fourth-order valence-corrected chi connectivity index (χ4v) is 4.47. The van der Waals surface area contributed by atoms with Gasteiger partial charge in [0.25, 0.3) is 5.91 Å². The third kappa shape index (κ3) is 5.25. The number of carbonyl (C=O) groups is 2. The second-order valence-electron chi connectivity index (χ2n) is 7.27. The van der Waals surface area contributed by atoms with Gasteiger partial charge in [-0.25, -0.2) is 5.48 Å². The number of ketones is 1. The predicted octanol–water partition coefficient (Wildman–Crippen LogP) is 3.79. The van der Waals surface area contributed by atoms with E-state index in [0.717, 1.165) is 42.8 Å². The van der Waals surface area contributed by atoms with E-state index in [0.29, 0.717) is 23.1 Å². The van der Waals surface area contributed by atoms with E-state index in [4.69, 9.17) is 5.21 Å². The Labute approximate surface area is 163 Å². The summed E-state index contributed by atoms with van der Waals surface area (Å²) in [6.45, 7) is 4.09. The number of amides is 1. The highest BCUT2D eigenvalue weighted by Crippen LogP contribution is 2.28. The summed E-state index contributed by atoms with van der Waals surface area (Å²) in [6, 6.07) is 11.6. The van der Waals surface area contributed by atoms with Gasteiger partial charge >= 0.3 is 0 Å². The van der Waals surface area contributed by atoms with Crippen molar-refractivity contribution in [1.82, 2.24) is 10.8 Å². The first kappa shape index (κ1) is 19.7. The van der Waals surface area contributed by atoms with Crippen LogP contribution in [0.15, 0.2) is 36.4 Å². The van der Waals surface area contributed by atoms with E-state index in [2.05, 4.69) is 18.3 Å². The van der Waals surface area contributed by atoms with Crippen molar-refractivity contribution in [3.63, 3.8) is 0 Å². The first-order valence-corrected chi connectivity index (χ1v) is 10.3. The fraction of sp³-hybridized carbons (Fsp3) is 0.429. The van der Waals surface area contributed by atoms with Crippen molar-refractivity contribution in [1.29, 1.82) is 0 Å². The molecule has 1 aliphatic rings. The monoisotopic (exact) mass is 386 g/mol. The molecule has 2 heterocycles. The Morgan fingerprint density at radius 1 is 1.33 bits per heavy atom. The molecule has 144 valence electrons. The van der Waals surface area contributed by atoms with Crippen molar-refractivity contribution in [2.75, 3.05) is 13.1 Å². The summed E-state index contributed by atoms with van der Waals surface area (Å²) in [7, 11) is 0. The number of aryl methyl sites for hydroxylation is 1. The van der Waals surface area contributed by atoms with E-state index >= 15 is 0 Å². The first-order chi connectivity index (χ1) is 13.1. The minimum Gasteiger partial charge on any atom is -0.316 e. The molecule has 3 N–H and O–H groups in total. The average molecular weight is 387 g/mol. The Balaban J connectivity index is 1.56. The maximum Gasteiger partial charge on any atom is 0.284 e. The fourth-order valence-electron chi connectivity index (χ4n) is 3.49. The molecule has 0 saturated carbocycles. The third-order valence-corrected chi connectivity index (χ3v) is 6.50. The Bertz CT molecular complexity index is 796. The predicted molar refractivity (Wildman–Crippen MR) is 107 cm³/mol. The summed E-state index contributed by atoms with van der Waals surface area (Å²) in [5.74, 6) is 0.531. The lowest BCUT2D eigenvalue weighted by Crippen LogP contribution is -2.16. The van der Waals surface area contributed by atoms with Gasteiger partial charge in [-0.3, -0.25) is 14.8 Å². The smallest absolute Gasteiger partial charge is 0.284 e. The van der Waals surface area contributed by atoms with Crippen LogP contribution in [0.2, 0.25) is 0 Å². The van der Waals surface area contributed by atoms with Gasteiger partial charge in [0.05, 0.1) is 4.88 Å². The van der Waals surface area contributed by atoms with Gasteiger partial charge in [0, 0.05) is 16.9 Å². The summed E-state index contributed by atoms with van der Waals surface area (Å²) in [6.07, 6.45) is 3.52. The van der Waals surface area contributed by atoms with Crippen molar-refractivity contribution < 1.29 is 14.8 Å². The Morgan fingerprint density at radius 2 is 2.19 bits per heavy atom. The molecule has 2 atom stereocenters. The van der Waals surface area contributed by atoms with Crippen LogP contribution in [0.25, 0.3) is 0 Å². The van der Waals surface area contributed by atoms with Crippen LogP contribution in [0, 0.1) is 5.92 Å². The zero-order valence-corrected chi connectivity index (χ0v) is 16.3. The lowest BCUT2D eigenvalue weighted by molar-refractivity contribution is 0.0711. The first-order valence-electron chi connectivity index (χ1n) is 9.44. The summed E-state index contributed by atoms with van der Waals surface area (Å²) >= 11 is 1.40. The van der Waals surface area contributed by atoms with Crippen LogP contribution in [0.4, 0.5) is 0 Å². The second-order valence-corrected chi connectivity index (χ2v) is 8.38. The van der Waals surface area contributed by atoms with Gasteiger partial charge in [-0.05, 0) is 68.0 Å². The molecule has 0 radical (unpaired) electrons. The van der Waals surface area contributed by atoms with Gasteiger partial charge < -0.3 is 5.32 Å². The normalized spacial score (nSPS) is 17.6. The van der Waals surface area contributed by atoms with Gasteiger partial charge in [0.1, 0.15) is 0 Å².